The number of fused-ring (bicyclic) bond motifs is 1. The number of halogens is 1. The monoisotopic (exact) mass is 354 g/mol. The molecule has 0 unspecified atom stereocenters. The van der Waals surface area contributed by atoms with Gasteiger partial charge in [-0.1, -0.05) is 23.7 Å². The summed E-state index contributed by atoms with van der Waals surface area (Å²) in [4.78, 5) is 14.2. The van der Waals surface area contributed by atoms with Crippen LogP contribution in [-0.4, -0.2) is 48.6 Å². The minimum atomic E-state index is 0.714. The minimum Gasteiger partial charge on any atom is -0.355 e. The fourth-order valence-electron chi connectivity index (χ4n) is 2.76. The Morgan fingerprint density at radius 3 is 2.32 bits per heavy atom. The van der Waals surface area contributed by atoms with Gasteiger partial charge < -0.3 is 9.80 Å². The fraction of sp³-hybridized carbons (Fsp3) is 0.300. The van der Waals surface area contributed by atoms with Gasteiger partial charge in [0, 0.05) is 35.6 Å². The third kappa shape index (κ3) is 4.09. The summed E-state index contributed by atoms with van der Waals surface area (Å²) in [6, 6.07) is 15.9. The SMILES string of the molecule is CCN(CCN(C)C)c1nc(-c2ccc(Cl)cc2)nc2ccccc12. The largest absolute Gasteiger partial charge is 0.355 e. The van der Waals surface area contributed by atoms with Crippen molar-refractivity contribution in [2.24, 2.45) is 0 Å². The van der Waals surface area contributed by atoms with Crippen LogP contribution in [0.15, 0.2) is 48.5 Å². The van der Waals surface area contributed by atoms with Gasteiger partial charge in [-0.05, 0) is 57.4 Å². The highest BCUT2D eigenvalue weighted by molar-refractivity contribution is 6.30. The first-order valence-corrected chi connectivity index (χ1v) is 8.88. The Morgan fingerprint density at radius 2 is 1.64 bits per heavy atom. The van der Waals surface area contributed by atoms with Gasteiger partial charge in [0.2, 0.25) is 0 Å². The molecule has 130 valence electrons. The summed E-state index contributed by atoms with van der Waals surface area (Å²) < 4.78 is 0. The van der Waals surface area contributed by atoms with Crippen LogP contribution in [0.5, 0.6) is 0 Å². The summed E-state index contributed by atoms with van der Waals surface area (Å²) in [6.45, 7) is 4.95. The van der Waals surface area contributed by atoms with Crippen molar-refractivity contribution >= 4 is 28.3 Å². The molecule has 0 spiro atoms. The summed E-state index contributed by atoms with van der Waals surface area (Å²) in [5.74, 6) is 1.72. The topological polar surface area (TPSA) is 32.3 Å². The normalized spacial score (nSPS) is 11.2. The molecule has 2 aromatic carbocycles. The number of para-hydroxylation sites is 1. The quantitative estimate of drug-likeness (QED) is 0.659. The zero-order chi connectivity index (χ0) is 17.8. The lowest BCUT2D eigenvalue weighted by Crippen LogP contribution is -2.32. The van der Waals surface area contributed by atoms with Crippen LogP contribution in [0.1, 0.15) is 6.92 Å². The summed E-state index contributed by atoms with van der Waals surface area (Å²) in [5, 5.41) is 1.80. The van der Waals surface area contributed by atoms with Crippen LogP contribution in [0.2, 0.25) is 5.02 Å². The van der Waals surface area contributed by atoms with Crippen molar-refractivity contribution in [1.29, 1.82) is 0 Å². The van der Waals surface area contributed by atoms with E-state index in [1.165, 1.54) is 0 Å². The standard InChI is InChI=1S/C20H23ClN4/c1-4-25(14-13-24(2)3)20-17-7-5-6-8-18(17)22-19(23-20)15-9-11-16(21)12-10-15/h5-12H,4,13-14H2,1-3H3. The molecule has 0 saturated heterocycles. The van der Waals surface area contributed by atoms with Crippen LogP contribution in [0.25, 0.3) is 22.3 Å². The van der Waals surface area contributed by atoms with Gasteiger partial charge in [-0.25, -0.2) is 9.97 Å². The predicted molar refractivity (Wildman–Crippen MR) is 106 cm³/mol. The summed E-state index contributed by atoms with van der Waals surface area (Å²) >= 11 is 6.02. The van der Waals surface area contributed by atoms with E-state index in [2.05, 4.69) is 36.9 Å². The second kappa shape index (κ2) is 7.81. The number of nitrogens with zero attached hydrogens (tertiary/aromatic N) is 4. The Morgan fingerprint density at radius 1 is 0.920 bits per heavy atom. The van der Waals surface area contributed by atoms with E-state index in [1.54, 1.807) is 0 Å². The average molecular weight is 355 g/mol. The van der Waals surface area contributed by atoms with Crippen molar-refractivity contribution in [2.45, 2.75) is 6.92 Å². The average Bonchev–Trinajstić information content (AvgIpc) is 2.62. The maximum absolute atomic E-state index is 6.02. The Kier molecular flexibility index (Phi) is 5.51. The Bertz CT molecular complexity index is 846. The number of aromatic nitrogens is 2. The zero-order valence-electron chi connectivity index (χ0n) is 14.9. The third-order valence-corrected chi connectivity index (χ3v) is 4.44. The lowest BCUT2D eigenvalue weighted by atomic mass is 10.1. The lowest BCUT2D eigenvalue weighted by Gasteiger charge is -2.25. The molecule has 0 bridgehead atoms. The number of rotatable bonds is 6. The predicted octanol–water partition coefficient (Wildman–Crippen LogP) is 4.34. The summed E-state index contributed by atoms with van der Waals surface area (Å²) in [5.41, 5.74) is 1.93. The van der Waals surface area contributed by atoms with Crippen LogP contribution >= 0.6 is 11.6 Å². The van der Waals surface area contributed by atoms with E-state index in [1.807, 2.05) is 42.5 Å². The molecule has 5 heteroatoms. The van der Waals surface area contributed by atoms with Crippen LogP contribution in [0, 0.1) is 0 Å². The molecule has 0 saturated carbocycles. The van der Waals surface area contributed by atoms with Crippen LogP contribution in [0.4, 0.5) is 5.82 Å². The molecule has 0 amide bonds. The smallest absolute Gasteiger partial charge is 0.162 e. The molecule has 3 rings (SSSR count). The molecule has 1 aromatic heterocycles. The van der Waals surface area contributed by atoms with Crippen LogP contribution in [0.3, 0.4) is 0 Å². The molecule has 4 nitrogen and oxygen atoms in total. The molecule has 0 aliphatic carbocycles. The van der Waals surface area contributed by atoms with E-state index in [-0.39, 0.29) is 0 Å². The highest BCUT2D eigenvalue weighted by Gasteiger charge is 2.14. The van der Waals surface area contributed by atoms with Gasteiger partial charge >= 0.3 is 0 Å². The molecule has 1 heterocycles. The molecule has 0 fully saturated rings. The second-order valence-corrected chi connectivity index (χ2v) is 6.71. The Labute approximate surface area is 154 Å². The molecule has 0 atom stereocenters. The second-order valence-electron chi connectivity index (χ2n) is 6.28. The van der Waals surface area contributed by atoms with Crippen molar-refractivity contribution in [3.8, 4) is 11.4 Å². The van der Waals surface area contributed by atoms with Gasteiger partial charge in [-0.15, -0.1) is 0 Å². The minimum absolute atomic E-state index is 0.714. The molecule has 0 N–H and O–H groups in total. The van der Waals surface area contributed by atoms with Crippen LogP contribution < -0.4 is 4.90 Å². The summed E-state index contributed by atoms with van der Waals surface area (Å²) in [7, 11) is 4.18. The number of hydrogen-bond acceptors (Lipinski definition) is 4. The Hall–Kier alpha value is -2.17. The number of likely N-dealkylation sites (N-methyl/N-ethyl adjacent to an activating group) is 2. The zero-order valence-corrected chi connectivity index (χ0v) is 15.7. The van der Waals surface area contributed by atoms with E-state index >= 15 is 0 Å². The number of anilines is 1. The number of benzene rings is 2. The van der Waals surface area contributed by atoms with E-state index in [0.717, 1.165) is 47.7 Å². The van der Waals surface area contributed by atoms with Crippen molar-refractivity contribution in [2.75, 3.05) is 38.6 Å². The maximum atomic E-state index is 6.02. The van der Waals surface area contributed by atoms with Gasteiger partial charge in [0.05, 0.1) is 5.52 Å². The number of hydrogen-bond donors (Lipinski definition) is 0. The first kappa shape index (κ1) is 17.6. The molecule has 0 aliphatic heterocycles. The van der Waals surface area contributed by atoms with Crippen molar-refractivity contribution < 1.29 is 0 Å². The molecule has 25 heavy (non-hydrogen) atoms. The van der Waals surface area contributed by atoms with E-state index < -0.39 is 0 Å². The molecule has 3 aromatic rings. The molecule has 0 aliphatic rings. The van der Waals surface area contributed by atoms with Crippen LogP contribution in [-0.2, 0) is 0 Å². The maximum Gasteiger partial charge on any atom is 0.162 e. The van der Waals surface area contributed by atoms with Gasteiger partial charge in [0.15, 0.2) is 5.82 Å². The highest BCUT2D eigenvalue weighted by Crippen LogP contribution is 2.28. The van der Waals surface area contributed by atoms with Gasteiger partial charge in [0.1, 0.15) is 5.82 Å². The van der Waals surface area contributed by atoms with Gasteiger partial charge in [-0.3, -0.25) is 0 Å². The van der Waals surface area contributed by atoms with Gasteiger partial charge in [-0.2, -0.15) is 0 Å². The molecular weight excluding hydrogens is 332 g/mol. The highest BCUT2D eigenvalue weighted by atomic mass is 35.5. The first-order chi connectivity index (χ1) is 12.1. The van der Waals surface area contributed by atoms with E-state index in [4.69, 9.17) is 21.6 Å². The fourth-order valence-corrected chi connectivity index (χ4v) is 2.89. The molecule has 0 radical (unpaired) electrons. The van der Waals surface area contributed by atoms with E-state index in [9.17, 15) is 0 Å². The van der Waals surface area contributed by atoms with Crippen molar-refractivity contribution in [3.05, 3.63) is 53.6 Å². The third-order valence-electron chi connectivity index (χ3n) is 4.18. The van der Waals surface area contributed by atoms with Crippen molar-refractivity contribution in [1.82, 2.24) is 14.9 Å². The van der Waals surface area contributed by atoms with Gasteiger partial charge in [0.25, 0.3) is 0 Å². The first-order valence-electron chi connectivity index (χ1n) is 8.51. The Balaban J connectivity index is 2.10. The van der Waals surface area contributed by atoms with E-state index in [0.29, 0.717) is 5.02 Å². The summed E-state index contributed by atoms with van der Waals surface area (Å²) in [6.07, 6.45) is 0. The molecular formula is C20H23ClN4. The lowest BCUT2D eigenvalue weighted by molar-refractivity contribution is 0.414. The van der Waals surface area contributed by atoms with Crippen molar-refractivity contribution in [3.63, 3.8) is 0 Å².